The molecule has 0 saturated heterocycles. The molecule has 2 nitrogen and oxygen atoms in total. The molecule has 118 valence electrons. The van der Waals surface area contributed by atoms with E-state index in [9.17, 15) is 0 Å². The van der Waals surface area contributed by atoms with Crippen LogP contribution in [0.5, 0.6) is 5.75 Å². The van der Waals surface area contributed by atoms with Crippen molar-refractivity contribution in [3.8, 4) is 5.75 Å². The molecule has 0 amide bonds. The van der Waals surface area contributed by atoms with Crippen LogP contribution >= 0.6 is 0 Å². The average Bonchev–Trinajstić information content (AvgIpc) is 2.42. The van der Waals surface area contributed by atoms with Gasteiger partial charge >= 0.3 is 0 Å². The van der Waals surface area contributed by atoms with Gasteiger partial charge in [-0.2, -0.15) is 0 Å². The molecule has 1 aliphatic carbocycles. The highest BCUT2D eigenvalue weighted by Crippen LogP contribution is 2.41. The van der Waals surface area contributed by atoms with Gasteiger partial charge in [-0.1, -0.05) is 26.8 Å². The number of benzene rings is 1. The standard InChI is InChI=1S/C19H31NO/c1-13-6-9-17(10-14(13)2)21-18-11-16(19(3,4)5)8-7-15(18)12-20/h6,9-10,15-16,18H,7-8,11-12,20H2,1-5H3. The van der Waals surface area contributed by atoms with Crippen LogP contribution in [0, 0.1) is 31.1 Å². The maximum atomic E-state index is 6.34. The summed E-state index contributed by atoms with van der Waals surface area (Å²) in [5, 5.41) is 0. The van der Waals surface area contributed by atoms with E-state index in [-0.39, 0.29) is 6.10 Å². The molecule has 1 aromatic rings. The highest BCUT2D eigenvalue weighted by molar-refractivity contribution is 5.34. The van der Waals surface area contributed by atoms with Gasteiger partial charge in [0.1, 0.15) is 11.9 Å². The Balaban J connectivity index is 2.12. The summed E-state index contributed by atoms with van der Waals surface area (Å²) in [4.78, 5) is 0. The summed E-state index contributed by atoms with van der Waals surface area (Å²) in [6.45, 7) is 12.0. The number of ether oxygens (including phenoxy) is 1. The Kier molecular flexibility index (Phi) is 4.98. The molecular weight excluding hydrogens is 258 g/mol. The van der Waals surface area contributed by atoms with Crippen LogP contribution in [-0.4, -0.2) is 12.6 Å². The van der Waals surface area contributed by atoms with Crippen molar-refractivity contribution in [1.29, 1.82) is 0 Å². The normalized spacial score (nSPS) is 26.7. The lowest BCUT2D eigenvalue weighted by atomic mass is 9.68. The molecule has 0 spiro atoms. The largest absolute Gasteiger partial charge is 0.490 e. The van der Waals surface area contributed by atoms with E-state index >= 15 is 0 Å². The van der Waals surface area contributed by atoms with Crippen molar-refractivity contribution in [2.75, 3.05) is 6.54 Å². The van der Waals surface area contributed by atoms with Gasteiger partial charge in [-0.25, -0.2) is 0 Å². The van der Waals surface area contributed by atoms with E-state index in [4.69, 9.17) is 10.5 Å². The smallest absolute Gasteiger partial charge is 0.120 e. The molecule has 0 bridgehead atoms. The average molecular weight is 289 g/mol. The molecular formula is C19H31NO. The summed E-state index contributed by atoms with van der Waals surface area (Å²) in [7, 11) is 0. The van der Waals surface area contributed by atoms with Crippen LogP contribution in [0.3, 0.4) is 0 Å². The summed E-state index contributed by atoms with van der Waals surface area (Å²) in [6, 6.07) is 6.40. The first-order valence-corrected chi connectivity index (χ1v) is 8.25. The number of nitrogens with two attached hydrogens (primary N) is 1. The molecule has 3 unspecified atom stereocenters. The van der Waals surface area contributed by atoms with Gasteiger partial charge in [-0.05, 0) is 74.2 Å². The Hall–Kier alpha value is -1.02. The van der Waals surface area contributed by atoms with Crippen molar-refractivity contribution in [1.82, 2.24) is 0 Å². The molecule has 0 heterocycles. The highest BCUT2D eigenvalue weighted by Gasteiger charge is 2.36. The number of rotatable bonds is 3. The summed E-state index contributed by atoms with van der Waals surface area (Å²) in [6.07, 6.45) is 3.85. The third-order valence-corrected chi connectivity index (χ3v) is 5.22. The number of aryl methyl sites for hydroxylation is 2. The van der Waals surface area contributed by atoms with Gasteiger partial charge in [-0.15, -0.1) is 0 Å². The third-order valence-electron chi connectivity index (χ3n) is 5.22. The van der Waals surface area contributed by atoms with E-state index in [1.807, 2.05) is 0 Å². The maximum absolute atomic E-state index is 6.34. The van der Waals surface area contributed by atoms with Gasteiger partial charge in [0.05, 0.1) is 0 Å². The Labute approximate surface area is 130 Å². The second-order valence-corrected chi connectivity index (χ2v) is 7.77. The van der Waals surface area contributed by atoms with Gasteiger partial charge in [0.2, 0.25) is 0 Å². The molecule has 2 heteroatoms. The van der Waals surface area contributed by atoms with Crippen LogP contribution in [-0.2, 0) is 0 Å². The fourth-order valence-electron chi connectivity index (χ4n) is 3.35. The van der Waals surface area contributed by atoms with Crippen molar-refractivity contribution < 1.29 is 4.74 Å². The lowest BCUT2D eigenvalue weighted by Gasteiger charge is -2.41. The molecule has 21 heavy (non-hydrogen) atoms. The fourth-order valence-corrected chi connectivity index (χ4v) is 3.35. The van der Waals surface area contributed by atoms with Gasteiger partial charge < -0.3 is 10.5 Å². The SMILES string of the molecule is Cc1ccc(OC2CC(C(C)(C)C)CCC2CN)cc1C. The summed E-state index contributed by atoms with van der Waals surface area (Å²) in [5.74, 6) is 2.21. The summed E-state index contributed by atoms with van der Waals surface area (Å²) < 4.78 is 6.34. The third kappa shape index (κ3) is 4.00. The predicted molar refractivity (Wildman–Crippen MR) is 89.7 cm³/mol. The topological polar surface area (TPSA) is 35.2 Å². The molecule has 1 fully saturated rings. The van der Waals surface area contributed by atoms with Crippen LogP contribution in [0.4, 0.5) is 0 Å². The van der Waals surface area contributed by atoms with E-state index in [1.54, 1.807) is 0 Å². The first kappa shape index (κ1) is 16.4. The minimum atomic E-state index is 0.259. The lowest BCUT2D eigenvalue weighted by molar-refractivity contribution is 0.0331. The van der Waals surface area contributed by atoms with Gasteiger partial charge in [0, 0.05) is 5.92 Å². The highest BCUT2D eigenvalue weighted by atomic mass is 16.5. The first-order valence-electron chi connectivity index (χ1n) is 8.25. The van der Waals surface area contributed by atoms with E-state index in [2.05, 4.69) is 52.8 Å². The summed E-state index contributed by atoms with van der Waals surface area (Å²) in [5.41, 5.74) is 8.93. The van der Waals surface area contributed by atoms with Gasteiger partial charge in [0.15, 0.2) is 0 Å². The Morgan fingerprint density at radius 2 is 1.86 bits per heavy atom. The van der Waals surface area contributed by atoms with Gasteiger partial charge in [0.25, 0.3) is 0 Å². The zero-order chi connectivity index (χ0) is 15.6. The summed E-state index contributed by atoms with van der Waals surface area (Å²) >= 11 is 0. The molecule has 3 atom stereocenters. The van der Waals surface area contributed by atoms with Crippen molar-refractivity contribution in [2.45, 2.75) is 60.0 Å². The van der Waals surface area contributed by atoms with Crippen LogP contribution in [0.1, 0.15) is 51.2 Å². The second kappa shape index (κ2) is 6.39. The molecule has 0 radical (unpaired) electrons. The Morgan fingerprint density at radius 3 is 2.43 bits per heavy atom. The van der Waals surface area contributed by atoms with E-state index in [0.29, 0.717) is 11.3 Å². The Bertz CT molecular complexity index is 475. The van der Waals surface area contributed by atoms with Crippen LogP contribution < -0.4 is 10.5 Å². The van der Waals surface area contributed by atoms with E-state index < -0.39 is 0 Å². The van der Waals surface area contributed by atoms with Crippen LogP contribution in [0.15, 0.2) is 18.2 Å². The fraction of sp³-hybridized carbons (Fsp3) is 0.684. The minimum absolute atomic E-state index is 0.259. The first-order chi connectivity index (χ1) is 9.81. The monoisotopic (exact) mass is 289 g/mol. The molecule has 2 rings (SSSR count). The van der Waals surface area contributed by atoms with Crippen LogP contribution in [0.25, 0.3) is 0 Å². The predicted octanol–water partition coefficient (Wildman–Crippen LogP) is 4.47. The lowest BCUT2D eigenvalue weighted by Crippen LogP contribution is -2.41. The molecule has 0 aliphatic heterocycles. The molecule has 1 aliphatic rings. The van der Waals surface area contributed by atoms with Crippen LogP contribution in [0.2, 0.25) is 0 Å². The van der Waals surface area contributed by atoms with Crippen molar-refractivity contribution in [3.05, 3.63) is 29.3 Å². The molecule has 0 aromatic heterocycles. The number of hydrogen-bond donors (Lipinski definition) is 1. The van der Waals surface area contributed by atoms with Crippen molar-refractivity contribution in [2.24, 2.45) is 23.0 Å². The van der Waals surface area contributed by atoms with Crippen molar-refractivity contribution in [3.63, 3.8) is 0 Å². The molecule has 1 saturated carbocycles. The zero-order valence-corrected chi connectivity index (χ0v) is 14.3. The second-order valence-electron chi connectivity index (χ2n) is 7.77. The molecule has 1 aromatic carbocycles. The quantitative estimate of drug-likeness (QED) is 0.891. The Morgan fingerprint density at radius 1 is 1.14 bits per heavy atom. The van der Waals surface area contributed by atoms with Gasteiger partial charge in [-0.3, -0.25) is 0 Å². The van der Waals surface area contributed by atoms with E-state index in [0.717, 1.165) is 24.6 Å². The minimum Gasteiger partial charge on any atom is -0.490 e. The zero-order valence-electron chi connectivity index (χ0n) is 14.3. The maximum Gasteiger partial charge on any atom is 0.120 e. The van der Waals surface area contributed by atoms with E-state index in [1.165, 1.54) is 24.0 Å². The number of hydrogen-bond acceptors (Lipinski definition) is 2. The molecule has 2 N–H and O–H groups in total. The van der Waals surface area contributed by atoms with Crippen molar-refractivity contribution >= 4 is 0 Å².